The molecule has 0 saturated carbocycles. The second-order valence-electron chi connectivity index (χ2n) is 23.4. The topological polar surface area (TPSA) is 78.9 Å². The molecular weight excluding hydrogens is 937 g/mol. The summed E-state index contributed by atoms with van der Waals surface area (Å²) >= 11 is 0. The third kappa shape index (κ3) is 62.7. The van der Waals surface area contributed by atoms with Gasteiger partial charge in [-0.1, -0.05) is 321 Å². The molecule has 0 aliphatic rings. The van der Waals surface area contributed by atoms with Crippen LogP contribution in [0.1, 0.15) is 387 Å². The highest BCUT2D eigenvalue weighted by atomic mass is 16.6. The fourth-order valence-electron chi connectivity index (χ4n) is 10.5. The molecule has 6 nitrogen and oxygen atoms in total. The van der Waals surface area contributed by atoms with E-state index in [2.05, 4.69) is 45.1 Å². The molecule has 0 amide bonds. The van der Waals surface area contributed by atoms with Crippen molar-refractivity contribution < 1.29 is 28.6 Å². The molecule has 0 aromatic rings. The third-order valence-corrected chi connectivity index (χ3v) is 15.7. The Labute approximate surface area is 474 Å². The van der Waals surface area contributed by atoms with Crippen LogP contribution in [0.25, 0.3) is 0 Å². The van der Waals surface area contributed by atoms with Crippen LogP contribution in [-0.4, -0.2) is 37.2 Å². The van der Waals surface area contributed by atoms with Gasteiger partial charge in [0.2, 0.25) is 0 Å². The smallest absolute Gasteiger partial charge is 0.306 e. The van der Waals surface area contributed by atoms with Gasteiger partial charge in [0.1, 0.15) is 13.2 Å². The second-order valence-corrected chi connectivity index (χ2v) is 23.4. The Morgan fingerprint density at radius 2 is 0.434 bits per heavy atom. The summed E-state index contributed by atoms with van der Waals surface area (Å²) in [6, 6.07) is 0. The molecule has 0 aliphatic carbocycles. The monoisotopic (exact) mass is 1070 g/mol. The Morgan fingerprint density at radius 3 is 0.671 bits per heavy atom. The van der Waals surface area contributed by atoms with Crippen molar-refractivity contribution in [2.75, 3.05) is 13.2 Å². The van der Waals surface area contributed by atoms with Crippen LogP contribution in [0.5, 0.6) is 0 Å². The van der Waals surface area contributed by atoms with Gasteiger partial charge in [0.25, 0.3) is 0 Å². The summed E-state index contributed by atoms with van der Waals surface area (Å²) in [5, 5.41) is 0. The van der Waals surface area contributed by atoms with E-state index in [0.717, 1.165) is 64.2 Å². The molecule has 448 valence electrons. The lowest BCUT2D eigenvalue weighted by Gasteiger charge is -2.18. The molecule has 0 aromatic carbocycles. The lowest BCUT2D eigenvalue weighted by Crippen LogP contribution is -2.30. The predicted octanol–water partition coefficient (Wildman–Crippen LogP) is 23.4. The summed E-state index contributed by atoms with van der Waals surface area (Å²) in [4.78, 5) is 38.2. The van der Waals surface area contributed by atoms with Crippen molar-refractivity contribution in [1.82, 2.24) is 0 Å². The number of ether oxygens (including phenoxy) is 3. The molecular formula is C70H132O6. The van der Waals surface area contributed by atoms with Crippen molar-refractivity contribution in [2.24, 2.45) is 0 Å². The highest BCUT2D eigenvalue weighted by molar-refractivity contribution is 5.71. The minimum Gasteiger partial charge on any atom is -0.462 e. The maximum absolute atomic E-state index is 12.9. The van der Waals surface area contributed by atoms with Gasteiger partial charge >= 0.3 is 17.9 Å². The lowest BCUT2D eigenvalue weighted by atomic mass is 10.0. The fraction of sp³-hybridized carbons (Fsp3) is 0.900. The second kappa shape index (κ2) is 65.4. The van der Waals surface area contributed by atoms with Gasteiger partial charge in [-0.15, -0.1) is 0 Å². The Kier molecular flexibility index (Phi) is 63.6. The molecule has 0 saturated heterocycles. The van der Waals surface area contributed by atoms with Crippen LogP contribution in [0.15, 0.2) is 24.3 Å². The molecule has 0 aromatic heterocycles. The average molecular weight is 1070 g/mol. The average Bonchev–Trinajstić information content (AvgIpc) is 3.42. The van der Waals surface area contributed by atoms with Gasteiger partial charge in [0.05, 0.1) is 0 Å². The van der Waals surface area contributed by atoms with Gasteiger partial charge in [-0.2, -0.15) is 0 Å². The first-order valence-electron chi connectivity index (χ1n) is 34.3. The first-order chi connectivity index (χ1) is 37.5. The van der Waals surface area contributed by atoms with Gasteiger partial charge in [0, 0.05) is 19.3 Å². The van der Waals surface area contributed by atoms with Gasteiger partial charge < -0.3 is 14.2 Å². The molecule has 0 spiro atoms. The standard InChI is InChI=1S/C70H132O6/c1-4-7-10-13-16-19-22-25-26-27-28-29-30-31-32-33-34-35-36-37-38-39-40-41-42-43-44-46-48-51-54-57-60-63-69(72)75-66-67(65-74-68(71)62-59-56-53-50-47-24-21-18-15-12-9-6-3)76-70(73)64-61-58-55-52-49-45-23-20-17-14-11-8-5-2/h20,23,27-28,67H,4-19,21-22,24-26,29-66H2,1-3H3/b23-20-,28-27-. The van der Waals surface area contributed by atoms with E-state index in [1.165, 1.54) is 283 Å². The maximum Gasteiger partial charge on any atom is 0.306 e. The summed E-state index contributed by atoms with van der Waals surface area (Å²) in [6.07, 6.45) is 79.4. The van der Waals surface area contributed by atoms with Crippen LogP contribution in [0.4, 0.5) is 0 Å². The number of carbonyl (C=O) groups is 3. The number of esters is 3. The third-order valence-electron chi connectivity index (χ3n) is 15.7. The molecule has 6 heteroatoms. The Hall–Kier alpha value is -2.11. The van der Waals surface area contributed by atoms with Gasteiger partial charge in [-0.05, 0) is 70.6 Å². The van der Waals surface area contributed by atoms with Crippen molar-refractivity contribution in [2.45, 2.75) is 393 Å². The van der Waals surface area contributed by atoms with Crippen molar-refractivity contribution in [3.8, 4) is 0 Å². The van der Waals surface area contributed by atoms with E-state index in [0.29, 0.717) is 19.3 Å². The minimum atomic E-state index is -0.770. The Morgan fingerprint density at radius 1 is 0.250 bits per heavy atom. The zero-order chi connectivity index (χ0) is 55.0. The number of hydrogen-bond donors (Lipinski definition) is 0. The van der Waals surface area contributed by atoms with E-state index in [9.17, 15) is 14.4 Å². The van der Waals surface area contributed by atoms with Crippen LogP contribution in [-0.2, 0) is 28.6 Å². The van der Waals surface area contributed by atoms with Crippen LogP contribution in [0, 0.1) is 0 Å². The number of rotatable bonds is 64. The SMILES string of the molecule is CCCCCC/C=C\CCCCCCCC(=O)OC(COC(=O)CCCCCCCCCCCCCC)COC(=O)CCCCCCCCCCCCCCCCCCCCCCC/C=C\CCCCCCCCCC. The molecule has 0 bridgehead atoms. The molecule has 0 radical (unpaired) electrons. The van der Waals surface area contributed by atoms with Crippen LogP contribution >= 0.6 is 0 Å². The first-order valence-corrected chi connectivity index (χ1v) is 34.3. The quantitative estimate of drug-likeness (QED) is 0.0261. The van der Waals surface area contributed by atoms with E-state index in [1.807, 2.05) is 0 Å². The molecule has 0 N–H and O–H groups in total. The van der Waals surface area contributed by atoms with E-state index in [4.69, 9.17) is 14.2 Å². The van der Waals surface area contributed by atoms with Gasteiger partial charge in [-0.25, -0.2) is 0 Å². The van der Waals surface area contributed by atoms with Crippen molar-refractivity contribution in [1.29, 1.82) is 0 Å². The number of hydrogen-bond acceptors (Lipinski definition) is 6. The molecule has 0 rings (SSSR count). The van der Waals surface area contributed by atoms with Crippen molar-refractivity contribution >= 4 is 17.9 Å². The predicted molar refractivity (Wildman–Crippen MR) is 330 cm³/mol. The van der Waals surface area contributed by atoms with Crippen molar-refractivity contribution in [3.05, 3.63) is 24.3 Å². The Bertz CT molecular complexity index is 1230. The molecule has 0 heterocycles. The van der Waals surface area contributed by atoms with Gasteiger partial charge in [-0.3, -0.25) is 14.4 Å². The van der Waals surface area contributed by atoms with Crippen molar-refractivity contribution in [3.63, 3.8) is 0 Å². The largest absolute Gasteiger partial charge is 0.462 e. The summed E-state index contributed by atoms with van der Waals surface area (Å²) in [5.41, 5.74) is 0. The normalized spacial score (nSPS) is 12.1. The molecule has 0 aliphatic heterocycles. The number of unbranched alkanes of at least 4 members (excludes halogenated alkanes) is 49. The van der Waals surface area contributed by atoms with E-state index in [1.54, 1.807) is 0 Å². The van der Waals surface area contributed by atoms with E-state index < -0.39 is 6.10 Å². The molecule has 1 unspecified atom stereocenters. The molecule has 76 heavy (non-hydrogen) atoms. The van der Waals surface area contributed by atoms with E-state index in [-0.39, 0.29) is 31.1 Å². The summed E-state index contributed by atoms with van der Waals surface area (Å²) in [5.74, 6) is -0.852. The Balaban J connectivity index is 4.02. The fourth-order valence-corrected chi connectivity index (χ4v) is 10.5. The van der Waals surface area contributed by atoms with E-state index >= 15 is 0 Å². The lowest BCUT2D eigenvalue weighted by molar-refractivity contribution is -0.167. The number of allylic oxidation sites excluding steroid dienone is 4. The zero-order valence-corrected chi connectivity index (χ0v) is 51.6. The minimum absolute atomic E-state index is 0.0686. The van der Waals surface area contributed by atoms with Crippen LogP contribution in [0.2, 0.25) is 0 Å². The summed E-state index contributed by atoms with van der Waals surface area (Å²) in [6.45, 7) is 6.67. The zero-order valence-electron chi connectivity index (χ0n) is 51.6. The van der Waals surface area contributed by atoms with Crippen LogP contribution < -0.4 is 0 Å². The first kappa shape index (κ1) is 73.9. The van der Waals surface area contributed by atoms with Crippen LogP contribution in [0.3, 0.4) is 0 Å². The maximum atomic E-state index is 12.9. The highest BCUT2D eigenvalue weighted by Gasteiger charge is 2.19. The molecule has 1 atom stereocenters. The number of carbonyl (C=O) groups excluding carboxylic acids is 3. The summed E-state index contributed by atoms with van der Waals surface area (Å²) < 4.78 is 16.9. The summed E-state index contributed by atoms with van der Waals surface area (Å²) in [7, 11) is 0. The molecule has 0 fully saturated rings. The highest BCUT2D eigenvalue weighted by Crippen LogP contribution is 2.18. The van der Waals surface area contributed by atoms with Gasteiger partial charge in [0.15, 0.2) is 6.10 Å².